The number of carbonyl (C=O) groups is 1. The predicted octanol–water partition coefficient (Wildman–Crippen LogP) is 2.55. The fourth-order valence-electron chi connectivity index (χ4n) is 1.54. The summed E-state index contributed by atoms with van der Waals surface area (Å²) in [5.74, 6) is -1.39. The Bertz CT molecular complexity index is 725. The monoisotopic (exact) mass is 298 g/mol. The van der Waals surface area contributed by atoms with E-state index >= 15 is 0 Å². The summed E-state index contributed by atoms with van der Waals surface area (Å²) >= 11 is 11.9. The average molecular weight is 299 g/mol. The van der Waals surface area contributed by atoms with Crippen molar-refractivity contribution in [1.82, 2.24) is 9.78 Å². The summed E-state index contributed by atoms with van der Waals surface area (Å²) < 4.78 is 1.23. The Kier molecular flexibility index (Phi) is 3.59. The predicted molar refractivity (Wildman–Crippen MR) is 71.6 cm³/mol. The van der Waals surface area contributed by atoms with Gasteiger partial charge in [-0.25, -0.2) is 9.48 Å². The lowest BCUT2D eigenvalue weighted by Crippen LogP contribution is -2.23. The Labute approximate surface area is 118 Å². The van der Waals surface area contributed by atoms with Gasteiger partial charge in [0.25, 0.3) is 0 Å². The molecular formula is C12H8Cl2N2O3. The average Bonchev–Trinajstić information content (AvgIpc) is 2.35. The van der Waals surface area contributed by atoms with E-state index in [0.717, 1.165) is 0 Å². The fraction of sp³-hybridized carbons (Fsp3) is 0.0833. The molecule has 0 fully saturated rings. The second-order valence-corrected chi connectivity index (χ2v) is 4.68. The molecule has 0 unspecified atom stereocenters. The van der Waals surface area contributed by atoms with E-state index in [9.17, 15) is 9.59 Å². The van der Waals surface area contributed by atoms with Gasteiger partial charge in [0.15, 0.2) is 0 Å². The lowest BCUT2D eigenvalue weighted by molar-refractivity contribution is 0.0686. The summed E-state index contributed by atoms with van der Waals surface area (Å²) in [6.45, 7) is 1.51. The number of rotatable bonds is 2. The van der Waals surface area contributed by atoms with Crippen LogP contribution in [0.25, 0.3) is 5.69 Å². The van der Waals surface area contributed by atoms with E-state index in [2.05, 4.69) is 5.10 Å². The second kappa shape index (κ2) is 5.03. The van der Waals surface area contributed by atoms with Gasteiger partial charge in [0.1, 0.15) is 0 Å². The summed E-state index contributed by atoms with van der Waals surface area (Å²) in [4.78, 5) is 22.6. The molecule has 7 heteroatoms. The number of hydrogen-bond acceptors (Lipinski definition) is 3. The highest BCUT2D eigenvalue weighted by molar-refractivity contribution is 6.34. The number of carboxylic acid groups (broad SMARTS) is 1. The number of hydrogen-bond donors (Lipinski definition) is 1. The van der Waals surface area contributed by atoms with Gasteiger partial charge in [0.2, 0.25) is 11.1 Å². The number of halogens is 2. The molecule has 0 saturated heterocycles. The van der Waals surface area contributed by atoms with E-state index in [1.807, 2.05) is 0 Å². The smallest absolute Gasteiger partial charge is 0.360 e. The maximum Gasteiger partial charge on any atom is 0.360 e. The van der Waals surface area contributed by atoms with Crippen LogP contribution in [0.15, 0.2) is 29.2 Å². The molecule has 0 aliphatic rings. The van der Waals surface area contributed by atoms with Crippen LogP contribution in [0.1, 0.15) is 16.1 Å². The zero-order valence-corrected chi connectivity index (χ0v) is 11.2. The first-order valence-corrected chi connectivity index (χ1v) is 5.95. The van der Waals surface area contributed by atoms with Crippen LogP contribution >= 0.6 is 23.2 Å². The Balaban J connectivity index is 2.73. The molecule has 0 spiro atoms. The van der Waals surface area contributed by atoms with Crippen LogP contribution < -0.4 is 5.43 Å². The summed E-state index contributed by atoms with van der Waals surface area (Å²) in [6, 6.07) is 4.70. The molecule has 1 aromatic heterocycles. The number of carboxylic acids is 1. The Morgan fingerprint density at radius 3 is 2.68 bits per heavy atom. The van der Waals surface area contributed by atoms with Crippen molar-refractivity contribution >= 4 is 29.2 Å². The zero-order chi connectivity index (χ0) is 14.2. The van der Waals surface area contributed by atoms with Gasteiger partial charge in [-0.3, -0.25) is 4.79 Å². The van der Waals surface area contributed by atoms with Crippen LogP contribution in [0.2, 0.25) is 10.0 Å². The summed E-state index contributed by atoms with van der Waals surface area (Å²) in [5.41, 5.74) is -0.527. The van der Waals surface area contributed by atoms with E-state index in [4.69, 9.17) is 28.3 Å². The molecule has 5 nitrogen and oxygen atoms in total. The molecule has 0 radical (unpaired) electrons. The van der Waals surface area contributed by atoms with Crippen LogP contribution in [0, 0.1) is 6.92 Å². The Morgan fingerprint density at radius 1 is 1.37 bits per heavy atom. The number of benzene rings is 1. The van der Waals surface area contributed by atoms with Crippen LogP contribution in [0.3, 0.4) is 0 Å². The summed E-state index contributed by atoms with van der Waals surface area (Å²) in [7, 11) is 0. The molecule has 0 saturated carbocycles. The molecule has 98 valence electrons. The minimum absolute atomic E-state index is 0.253. The Hall–Kier alpha value is -1.85. The van der Waals surface area contributed by atoms with Gasteiger partial charge in [-0.15, -0.1) is 0 Å². The lowest BCUT2D eigenvalue weighted by Gasteiger charge is -2.09. The van der Waals surface area contributed by atoms with E-state index in [1.54, 1.807) is 12.1 Å². The zero-order valence-electron chi connectivity index (χ0n) is 9.72. The van der Waals surface area contributed by atoms with Gasteiger partial charge < -0.3 is 5.11 Å². The van der Waals surface area contributed by atoms with Crippen molar-refractivity contribution in [2.75, 3.05) is 0 Å². The SMILES string of the molecule is Cc1cn(-c2cc(Cl)ccc2Cl)nc(C(=O)O)c1=O. The van der Waals surface area contributed by atoms with E-state index in [-0.39, 0.29) is 5.56 Å². The first-order valence-electron chi connectivity index (χ1n) is 5.19. The van der Waals surface area contributed by atoms with Crippen molar-refractivity contribution in [3.8, 4) is 5.69 Å². The van der Waals surface area contributed by atoms with Crippen molar-refractivity contribution in [2.24, 2.45) is 0 Å². The third kappa shape index (κ3) is 2.62. The van der Waals surface area contributed by atoms with E-state index < -0.39 is 17.1 Å². The first-order chi connectivity index (χ1) is 8.90. The van der Waals surface area contributed by atoms with Crippen molar-refractivity contribution in [3.05, 3.63) is 55.9 Å². The molecule has 0 bridgehead atoms. The maximum absolute atomic E-state index is 11.6. The fourth-order valence-corrected chi connectivity index (χ4v) is 1.91. The molecular weight excluding hydrogens is 291 g/mol. The molecule has 1 N–H and O–H groups in total. The van der Waals surface area contributed by atoms with Gasteiger partial charge in [-0.2, -0.15) is 5.10 Å². The van der Waals surface area contributed by atoms with Crippen molar-refractivity contribution < 1.29 is 9.90 Å². The second-order valence-electron chi connectivity index (χ2n) is 3.84. The quantitative estimate of drug-likeness (QED) is 0.925. The van der Waals surface area contributed by atoms with Crippen LogP contribution in [-0.2, 0) is 0 Å². The summed E-state index contributed by atoms with van der Waals surface area (Å²) in [5, 5.41) is 13.5. The standard InChI is InChI=1S/C12H8Cl2N2O3/c1-6-5-16(15-10(11(6)17)12(18)19)9-4-7(13)2-3-8(9)14/h2-5H,1H3,(H,18,19). The third-order valence-corrected chi connectivity index (χ3v) is 3.01. The first kappa shape index (κ1) is 13.6. The largest absolute Gasteiger partial charge is 0.476 e. The molecule has 0 aliphatic carbocycles. The number of aromatic nitrogens is 2. The molecule has 1 aromatic carbocycles. The van der Waals surface area contributed by atoms with Crippen molar-refractivity contribution in [2.45, 2.75) is 6.92 Å². The minimum Gasteiger partial charge on any atom is -0.476 e. The van der Waals surface area contributed by atoms with Gasteiger partial charge in [0, 0.05) is 16.8 Å². The highest BCUT2D eigenvalue weighted by Gasteiger charge is 2.15. The van der Waals surface area contributed by atoms with Gasteiger partial charge in [-0.05, 0) is 25.1 Å². The van der Waals surface area contributed by atoms with Crippen LogP contribution in [0.5, 0.6) is 0 Å². The van der Waals surface area contributed by atoms with Crippen LogP contribution in [-0.4, -0.2) is 20.9 Å². The van der Waals surface area contributed by atoms with Crippen molar-refractivity contribution in [3.63, 3.8) is 0 Å². The van der Waals surface area contributed by atoms with Crippen LogP contribution in [0.4, 0.5) is 0 Å². The number of nitrogens with zero attached hydrogens (tertiary/aromatic N) is 2. The highest BCUT2D eigenvalue weighted by Crippen LogP contribution is 2.23. The minimum atomic E-state index is -1.39. The molecule has 1 heterocycles. The third-order valence-electron chi connectivity index (χ3n) is 2.45. The topological polar surface area (TPSA) is 72.2 Å². The van der Waals surface area contributed by atoms with Gasteiger partial charge in [-0.1, -0.05) is 23.2 Å². The van der Waals surface area contributed by atoms with Gasteiger partial charge in [0.05, 0.1) is 10.7 Å². The molecule has 2 rings (SSSR count). The van der Waals surface area contributed by atoms with E-state index in [1.165, 1.54) is 23.9 Å². The summed E-state index contributed by atoms with van der Waals surface area (Å²) in [6.07, 6.45) is 1.41. The van der Waals surface area contributed by atoms with E-state index in [0.29, 0.717) is 15.7 Å². The molecule has 2 aromatic rings. The Morgan fingerprint density at radius 2 is 2.05 bits per heavy atom. The van der Waals surface area contributed by atoms with Crippen molar-refractivity contribution in [1.29, 1.82) is 0 Å². The molecule has 0 atom stereocenters. The molecule has 0 amide bonds. The number of aryl methyl sites for hydroxylation is 1. The molecule has 19 heavy (non-hydrogen) atoms. The highest BCUT2D eigenvalue weighted by atomic mass is 35.5. The number of aromatic carboxylic acids is 1. The maximum atomic E-state index is 11.6. The van der Waals surface area contributed by atoms with Gasteiger partial charge >= 0.3 is 5.97 Å². The normalized spacial score (nSPS) is 10.5. The molecule has 0 aliphatic heterocycles. The lowest BCUT2D eigenvalue weighted by atomic mass is 10.2.